The fraction of sp³-hybridized carbons (Fsp3) is 0.917. The number of nitrogens with two attached hydrogens (primary N) is 1. The summed E-state index contributed by atoms with van der Waals surface area (Å²) >= 11 is 0. The van der Waals surface area contributed by atoms with Crippen molar-refractivity contribution in [3.05, 3.63) is 0 Å². The van der Waals surface area contributed by atoms with Crippen molar-refractivity contribution >= 4 is 5.91 Å². The minimum absolute atomic E-state index is 0.0121. The van der Waals surface area contributed by atoms with Gasteiger partial charge < -0.3 is 20.9 Å². The summed E-state index contributed by atoms with van der Waals surface area (Å²) in [7, 11) is 0. The average molecular weight is 244 g/mol. The highest BCUT2D eigenvalue weighted by molar-refractivity contribution is 5.75. The summed E-state index contributed by atoms with van der Waals surface area (Å²) in [5, 5.41) is 12.7. The number of amides is 1. The largest absolute Gasteiger partial charge is 0.386 e. The maximum absolute atomic E-state index is 11.5. The molecule has 1 heterocycles. The van der Waals surface area contributed by atoms with Crippen LogP contribution < -0.4 is 11.1 Å². The zero-order valence-corrected chi connectivity index (χ0v) is 10.4. The molecule has 0 saturated carbocycles. The molecule has 1 saturated heterocycles. The van der Waals surface area contributed by atoms with Crippen LogP contribution in [-0.4, -0.2) is 42.9 Å². The molecular formula is C12H24N2O3. The van der Waals surface area contributed by atoms with E-state index in [0.29, 0.717) is 32.6 Å². The van der Waals surface area contributed by atoms with E-state index in [-0.39, 0.29) is 5.91 Å². The van der Waals surface area contributed by atoms with Gasteiger partial charge in [-0.1, -0.05) is 12.8 Å². The molecule has 0 bridgehead atoms. The molecule has 1 aliphatic heterocycles. The minimum Gasteiger partial charge on any atom is -0.386 e. The predicted octanol–water partition coefficient (Wildman–Crippen LogP) is 0.163. The molecule has 1 aliphatic rings. The number of ether oxygens (including phenoxy) is 1. The molecule has 1 fully saturated rings. The standard InChI is InChI=1S/C12H24N2O3/c13-7-4-2-1-3-5-11(15)14-9-12(16)6-8-17-10-12/h16H,1-10,13H2,(H,14,15). The van der Waals surface area contributed by atoms with Crippen LogP contribution in [0.1, 0.15) is 38.5 Å². The first kappa shape index (κ1) is 14.4. The Morgan fingerprint density at radius 3 is 2.76 bits per heavy atom. The number of hydrogen-bond acceptors (Lipinski definition) is 4. The van der Waals surface area contributed by atoms with Crippen molar-refractivity contribution in [1.82, 2.24) is 5.32 Å². The van der Waals surface area contributed by atoms with Crippen LogP contribution in [0.2, 0.25) is 0 Å². The molecule has 0 aromatic rings. The SMILES string of the molecule is NCCCCCCC(=O)NCC1(O)CCOC1. The molecule has 4 N–H and O–H groups in total. The zero-order chi connectivity index (χ0) is 12.6. The molecular weight excluding hydrogens is 220 g/mol. The van der Waals surface area contributed by atoms with Crippen molar-refractivity contribution in [2.75, 3.05) is 26.3 Å². The molecule has 1 rings (SSSR count). The summed E-state index contributed by atoms with van der Waals surface area (Å²) in [5.41, 5.74) is 4.53. The topological polar surface area (TPSA) is 84.6 Å². The van der Waals surface area contributed by atoms with Crippen LogP contribution in [0.4, 0.5) is 0 Å². The number of carbonyl (C=O) groups excluding carboxylic acids is 1. The average Bonchev–Trinajstić information content (AvgIpc) is 2.74. The highest BCUT2D eigenvalue weighted by Crippen LogP contribution is 2.16. The third-order valence-corrected chi connectivity index (χ3v) is 3.06. The first-order valence-electron chi connectivity index (χ1n) is 6.43. The molecule has 17 heavy (non-hydrogen) atoms. The molecule has 0 spiro atoms. The van der Waals surface area contributed by atoms with Crippen molar-refractivity contribution in [2.45, 2.75) is 44.1 Å². The Labute approximate surface area is 103 Å². The molecule has 5 nitrogen and oxygen atoms in total. The van der Waals surface area contributed by atoms with Gasteiger partial charge in [0.1, 0.15) is 5.60 Å². The van der Waals surface area contributed by atoms with Crippen molar-refractivity contribution in [3.8, 4) is 0 Å². The van der Waals surface area contributed by atoms with Gasteiger partial charge in [0.05, 0.1) is 6.61 Å². The number of nitrogens with one attached hydrogen (secondary N) is 1. The van der Waals surface area contributed by atoms with Crippen molar-refractivity contribution in [1.29, 1.82) is 0 Å². The summed E-state index contributed by atoms with van der Waals surface area (Å²) in [6.07, 6.45) is 5.17. The van der Waals surface area contributed by atoms with Gasteiger partial charge in [-0.2, -0.15) is 0 Å². The van der Waals surface area contributed by atoms with E-state index in [2.05, 4.69) is 5.32 Å². The van der Waals surface area contributed by atoms with Crippen LogP contribution in [0.3, 0.4) is 0 Å². The number of carbonyl (C=O) groups is 1. The quantitative estimate of drug-likeness (QED) is 0.531. The van der Waals surface area contributed by atoms with E-state index in [0.717, 1.165) is 32.2 Å². The number of rotatable bonds is 8. The second-order valence-electron chi connectivity index (χ2n) is 4.76. The van der Waals surface area contributed by atoms with Gasteiger partial charge in [0, 0.05) is 26.0 Å². The van der Waals surface area contributed by atoms with Crippen LogP contribution in [0.25, 0.3) is 0 Å². The molecule has 1 amide bonds. The molecule has 0 aliphatic carbocycles. The summed E-state index contributed by atoms with van der Waals surface area (Å²) < 4.78 is 5.10. The Kier molecular flexibility index (Phi) is 6.47. The van der Waals surface area contributed by atoms with E-state index in [1.54, 1.807) is 0 Å². The van der Waals surface area contributed by atoms with E-state index in [9.17, 15) is 9.90 Å². The van der Waals surface area contributed by atoms with Crippen LogP contribution in [0, 0.1) is 0 Å². The Morgan fingerprint density at radius 1 is 1.35 bits per heavy atom. The van der Waals surface area contributed by atoms with Crippen LogP contribution in [0.5, 0.6) is 0 Å². The summed E-state index contributed by atoms with van der Waals surface area (Å²) in [5.74, 6) is 0.0121. The van der Waals surface area contributed by atoms with Gasteiger partial charge in [-0.05, 0) is 19.4 Å². The fourth-order valence-electron chi connectivity index (χ4n) is 1.87. The normalized spacial score (nSPS) is 23.9. The van der Waals surface area contributed by atoms with Crippen LogP contribution >= 0.6 is 0 Å². The third-order valence-electron chi connectivity index (χ3n) is 3.06. The molecule has 5 heteroatoms. The highest BCUT2D eigenvalue weighted by atomic mass is 16.5. The predicted molar refractivity (Wildman–Crippen MR) is 65.5 cm³/mol. The fourth-order valence-corrected chi connectivity index (χ4v) is 1.87. The lowest BCUT2D eigenvalue weighted by Crippen LogP contribution is -2.43. The first-order valence-corrected chi connectivity index (χ1v) is 6.43. The summed E-state index contributed by atoms with van der Waals surface area (Å²) in [4.78, 5) is 11.5. The Morgan fingerprint density at radius 2 is 2.12 bits per heavy atom. The van der Waals surface area contributed by atoms with Gasteiger partial charge in [-0.25, -0.2) is 0 Å². The smallest absolute Gasteiger partial charge is 0.220 e. The monoisotopic (exact) mass is 244 g/mol. The maximum Gasteiger partial charge on any atom is 0.220 e. The first-order chi connectivity index (χ1) is 8.16. The molecule has 1 atom stereocenters. The van der Waals surface area contributed by atoms with E-state index in [1.807, 2.05) is 0 Å². The zero-order valence-electron chi connectivity index (χ0n) is 10.4. The lowest BCUT2D eigenvalue weighted by Gasteiger charge is -2.20. The van der Waals surface area contributed by atoms with Crippen molar-refractivity contribution < 1.29 is 14.6 Å². The lowest BCUT2D eigenvalue weighted by atomic mass is 10.0. The Hall–Kier alpha value is -0.650. The van der Waals surface area contributed by atoms with E-state index >= 15 is 0 Å². The summed E-state index contributed by atoms with van der Waals surface area (Å²) in [6.45, 7) is 1.92. The molecule has 100 valence electrons. The van der Waals surface area contributed by atoms with Crippen LogP contribution in [-0.2, 0) is 9.53 Å². The van der Waals surface area contributed by atoms with Gasteiger partial charge >= 0.3 is 0 Å². The Balaban J connectivity index is 2.01. The van der Waals surface area contributed by atoms with Crippen molar-refractivity contribution in [3.63, 3.8) is 0 Å². The van der Waals surface area contributed by atoms with Gasteiger partial charge in [-0.15, -0.1) is 0 Å². The van der Waals surface area contributed by atoms with Crippen molar-refractivity contribution in [2.24, 2.45) is 5.73 Å². The van der Waals surface area contributed by atoms with Crippen LogP contribution in [0.15, 0.2) is 0 Å². The molecule has 0 radical (unpaired) electrons. The lowest BCUT2D eigenvalue weighted by molar-refractivity contribution is -0.122. The number of hydrogen-bond donors (Lipinski definition) is 3. The third kappa shape index (κ3) is 6.00. The highest BCUT2D eigenvalue weighted by Gasteiger charge is 2.32. The molecule has 1 unspecified atom stereocenters. The summed E-state index contributed by atoms with van der Waals surface area (Å²) in [6, 6.07) is 0. The van der Waals surface area contributed by atoms with E-state index < -0.39 is 5.60 Å². The minimum atomic E-state index is -0.852. The van der Waals surface area contributed by atoms with E-state index in [4.69, 9.17) is 10.5 Å². The molecule has 0 aromatic carbocycles. The van der Waals surface area contributed by atoms with Gasteiger partial charge in [0.2, 0.25) is 5.91 Å². The Bertz CT molecular complexity index is 228. The van der Waals surface area contributed by atoms with Gasteiger partial charge in [-0.3, -0.25) is 4.79 Å². The molecule has 0 aromatic heterocycles. The maximum atomic E-state index is 11.5. The second kappa shape index (κ2) is 7.63. The number of unbranched alkanes of at least 4 members (excludes halogenated alkanes) is 3. The van der Waals surface area contributed by atoms with Gasteiger partial charge in [0.25, 0.3) is 0 Å². The second-order valence-corrected chi connectivity index (χ2v) is 4.76. The van der Waals surface area contributed by atoms with E-state index in [1.165, 1.54) is 0 Å². The van der Waals surface area contributed by atoms with Gasteiger partial charge in [0.15, 0.2) is 0 Å². The number of aliphatic hydroxyl groups is 1.